The van der Waals surface area contributed by atoms with E-state index in [4.69, 9.17) is 0 Å². The zero-order chi connectivity index (χ0) is 17.1. The first kappa shape index (κ1) is 14.7. The Morgan fingerprint density at radius 3 is 1.80 bits per heavy atom. The molecule has 0 fully saturated rings. The fraction of sp³-hybridized carbons (Fsp3) is 0.200. The largest absolute Gasteiger partial charge is 0.0616 e. The molecule has 2 aliphatic carbocycles. The first-order chi connectivity index (χ1) is 12.2. The van der Waals surface area contributed by atoms with Crippen LogP contribution in [0.4, 0.5) is 0 Å². The molecular formula is C25H22. The van der Waals surface area contributed by atoms with Gasteiger partial charge < -0.3 is 0 Å². The van der Waals surface area contributed by atoms with Crippen LogP contribution in [0.25, 0.3) is 22.3 Å². The maximum absolute atomic E-state index is 2.39. The van der Waals surface area contributed by atoms with Crippen LogP contribution in [0.1, 0.15) is 40.3 Å². The third-order valence-corrected chi connectivity index (χ3v) is 5.98. The quantitative estimate of drug-likeness (QED) is 0.350. The summed E-state index contributed by atoms with van der Waals surface area (Å²) >= 11 is 0. The number of fused-ring (bicyclic) bond motifs is 4. The van der Waals surface area contributed by atoms with Gasteiger partial charge in [-0.3, -0.25) is 0 Å². The maximum Gasteiger partial charge on any atom is -0.00578 e. The summed E-state index contributed by atoms with van der Waals surface area (Å²) < 4.78 is 0. The highest BCUT2D eigenvalue weighted by atomic mass is 14.4. The standard InChI is InChI=1S/C25H22/c1-15-12-13-16(2)23-22(15)14-17(3)24(23)25-20-10-6-4-8-18(20)19-9-5-7-11-21(19)25/h4-13,17H,14H2,1-3H3/t17-/m0/s1. The number of benzene rings is 3. The third kappa shape index (κ3) is 1.94. The topological polar surface area (TPSA) is 0 Å². The molecule has 0 nitrogen and oxygen atoms in total. The van der Waals surface area contributed by atoms with Crippen LogP contribution >= 0.6 is 0 Å². The van der Waals surface area contributed by atoms with Gasteiger partial charge in [0.05, 0.1) is 0 Å². The SMILES string of the molecule is Cc1ccc(C)c2c1C[C@H](C)C2=C1c2ccccc2-c2ccccc21. The first-order valence-electron chi connectivity index (χ1n) is 9.19. The summed E-state index contributed by atoms with van der Waals surface area (Å²) in [6, 6.07) is 22.4. The van der Waals surface area contributed by atoms with Gasteiger partial charge in [-0.25, -0.2) is 0 Å². The minimum absolute atomic E-state index is 0.559. The van der Waals surface area contributed by atoms with Crippen molar-refractivity contribution in [2.75, 3.05) is 0 Å². The number of rotatable bonds is 0. The number of aryl methyl sites for hydroxylation is 2. The van der Waals surface area contributed by atoms with Crippen LogP contribution in [-0.2, 0) is 6.42 Å². The summed E-state index contributed by atoms with van der Waals surface area (Å²) in [5.74, 6) is 0.559. The molecule has 0 saturated heterocycles. The van der Waals surface area contributed by atoms with Crippen LogP contribution in [0.3, 0.4) is 0 Å². The molecule has 0 heteroatoms. The molecule has 25 heavy (non-hydrogen) atoms. The molecule has 0 aromatic heterocycles. The lowest BCUT2D eigenvalue weighted by molar-refractivity contribution is 0.778. The first-order valence-corrected chi connectivity index (χ1v) is 9.19. The van der Waals surface area contributed by atoms with Gasteiger partial charge in [0.15, 0.2) is 0 Å². The molecule has 0 heterocycles. The molecule has 3 aromatic rings. The predicted octanol–water partition coefficient (Wildman–Crippen LogP) is 6.44. The number of hydrogen-bond acceptors (Lipinski definition) is 0. The van der Waals surface area contributed by atoms with Crippen molar-refractivity contribution >= 4 is 11.1 Å². The van der Waals surface area contributed by atoms with Crippen molar-refractivity contribution < 1.29 is 0 Å². The number of allylic oxidation sites excluding steroid dienone is 1. The molecule has 5 rings (SSSR count). The van der Waals surface area contributed by atoms with Crippen LogP contribution in [-0.4, -0.2) is 0 Å². The van der Waals surface area contributed by atoms with Gasteiger partial charge in [-0.05, 0) is 81.8 Å². The number of hydrogen-bond donors (Lipinski definition) is 0. The van der Waals surface area contributed by atoms with Crippen molar-refractivity contribution in [1.82, 2.24) is 0 Å². The summed E-state index contributed by atoms with van der Waals surface area (Å²) in [6.45, 7) is 6.92. The lowest BCUT2D eigenvalue weighted by atomic mass is 9.88. The van der Waals surface area contributed by atoms with Gasteiger partial charge >= 0.3 is 0 Å². The van der Waals surface area contributed by atoms with Gasteiger partial charge in [-0.15, -0.1) is 0 Å². The fourth-order valence-corrected chi connectivity index (χ4v) is 4.84. The van der Waals surface area contributed by atoms with E-state index < -0.39 is 0 Å². The minimum atomic E-state index is 0.559. The van der Waals surface area contributed by atoms with Gasteiger partial charge in [-0.2, -0.15) is 0 Å². The second-order valence-electron chi connectivity index (χ2n) is 7.54. The van der Waals surface area contributed by atoms with E-state index in [2.05, 4.69) is 81.4 Å². The van der Waals surface area contributed by atoms with E-state index in [1.54, 1.807) is 11.1 Å². The van der Waals surface area contributed by atoms with Crippen LogP contribution in [0.15, 0.2) is 60.7 Å². The zero-order valence-corrected chi connectivity index (χ0v) is 15.1. The smallest absolute Gasteiger partial charge is 0.00578 e. The Bertz CT molecular complexity index is 1000. The van der Waals surface area contributed by atoms with Crippen LogP contribution in [0.2, 0.25) is 0 Å². The molecule has 2 aliphatic rings. The molecule has 0 N–H and O–H groups in total. The van der Waals surface area contributed by atoms with Gasteiger partial charge in [-0.1, -0.05) is 67.6 Å². The lowest BCUT2D eigenvalue weighted by Gasteiger charge is -2.15. The van der Waals surface area contributed by atoms with Crippen molar-refractivity contribution in [2.45, 2.75) is 27.2 Å². The summed E-state index contributed by atoms with van der Waals surface area (Å²) in [5, 5.41) is 0. The molecule has 0 saturated carbocycles. The molecule has 0 aliphatic heterocycles. The lowest BCUT2D eigenvalue weighted by Crippen LogP contribution is -1.97. The van der Waals surface area contributed by atoms with Crippen LogP contribution in [0.5, 0.6) is 0 Å². The van der Waals surface area contributed by atoms with Gasteiger partial charge in [0, 0.05) is 0 Å². The Morgan fingerprint density at radius 2 is 1.20 bits per heavy atom. The van der Waals surface area contributed by atoms with Crippen molar-refractivity contribution in [2.24, 2.45) is 5.92 Å². The van der Waals surface area contributed by atoms with Crippen LogP contribution in [0, 0.1) is 19.8 Å². The Hall–Kier alpha value is -2.60. The van der Waals surface area contributed by atoms with Gasteiger partial charge in [0.1, 0.15) is 0 Å². The van der Waals surface area contributed by atoms with E-state index in [0.717, 1.165) is 6.42 Å². The minimum Gasteiger partial charge on any atom is -0.0616 e. The molecular weight excluding hydrogens is 300 g/mol. The van der Waals surface area contributed by atoms with Crippen molar-refractivity contribution in [3.05, 3.63) is 94.0 Å². The third-order valence-electron chi connectivity index (χ3n) is 5.98. The molecule has 0 amide bonds. The molecule has 0 spiro atoms. The molecule has 0 bridgehead atoms. The van der Waals surface area contributed by atoms with Crippen LogP contribution < -0.4 is 0 Å². The monoisotopic (exact) mass is 322 g/mol. The van der Waals surface area contributed by atoms with E-state index >= 15 is 0 Å². The zero-order valence-electron chi connectivity index (χ0n) is 15.1. The normalized spacial score (nSPS) is 17.5. The summed E-state index contributed by atoms with van der Waals surface area (Å²) in [4.78, 5) is 0. The van der Waals surface area contributed by atoms with E-state index in [1.165, 1.54) is 44.5 Å². The average molecular weight is 322 g/mol. The van der Waals surface area contributed by atoms with E-state index in [0.29, 0.717) is 5.92 Å². The van der Waals surface area contributed by atoms with E-state index in [-0.39, 0.29) is 0 Å². The maximum atomic E-state index is 2.39. The molecule has 0 radical (unpaired) electrons. The molecule has 0 unspecified atom stereocenters. The molecule has 1 atom stereocenters. The van der Waals surface area contributed by atoms with Gasteiger partial charge in [0.25, 0.3) is 0 Å². The highest BCUT2D eigenvalue weighted by Crippen LogP contribution is 2.52. The summed E-state index contributed by atoms with van der Waals surface area (Å²) in [7, 11) is 0. The molecule has 122 valence electrons. The second-order valence-corrected chi connectivity index (χ2v) is 7.54. The van der Waals surface area contributed by atoms with Crippen molar-refractivity contribution in [1.29, 1.82) is 0 Å². The predicted molar refractivity (Wildman–Crippen MR) is 107 cm³/mol. The highest BCUT2D eigenvalue weighted by Gasteiger charge is 2.33. The highest BCUT2D eigenvalue weighted by molar-refractivity contribution is 6.11. The second kappa shape index (κ2) is 5.20. The van der Waals surface area contributed by atoms with Gasteiger partial charge in [0.2, 0.25) is 0 Å². The van der Waals surface area contributed by atoms with Crippen molar-refractivity contribution in [3.8, 4) is 11.1 Å². The fourth-order valence-electron chi connectivity index (χ4n) is 4.84. The van der Waals surface area contributed by atoms with E-state index in [1.807, 2.05) is 0 Å². The Kier molecular flexibility index (Phi) is 3.06. The Morgan fingerprint density at radius 1 is 0.680 bits per heavy atom. The molecule has 3 aromatic carbocycles. The van der Waals surface area contributed by atoms with E-state index in [9.17, 15) is 0 Å². The Labute approximate surface area is 149 Å². The van der Waals surface area contributed by atoms with Crippen molar-refractivity contribution in [3.63, 3.8) is 0 Å². The summed E-state index contributed by atoms with van der Waals surface area (Å²) in [6.07, 6.45) is 1.16. The Balaban J connectivity index is 1.93. The summed E-state index contributed by atoms with van der Waals surface area (Å²) in [5.41, 5.74) is 14.5. The average Bonchev–Trinajstić information content (AvgIpc) is 3.14.